The second kappa shape index (κ2) is 8.11. The third-order valence-corrected chi connectivity index (χ3v) is 4.55. The zero-order chi connectivity index (χ0) is 16.8. The summed E-state index contributed by atoms with van der Waals surface area (Å²) in [6.45, 7) is 5.40. The Morgan fingerprint density at radius 2 is 1.96 bits per heavy atom. The molecule has 1 atom stereocenters. The second-order valence-electron chi connectivity index (χ2n) is 6.62. The molecule has 0 spiro atoms. The molecular weight excluding hydrogens is 300 g/mol. The van der Waals surface area contributed by atoms with Crippen LogP contribution in [0.3, 0.4) is 0 Å². The fraction of sp³-hybridized carbons (Fsp3) is 0.474. The van der Waals surface area contributed by atoms with Crippen LogP contribution in [0.4, 0.5) is 5.69 Å². The number of nitrogens with zero attached hydrogens (tertiary/aromatic N) is 3. The zero-order valence-electron chi connectivity index (χ0n) is 14.3. The molecule has 1 aromatic carbocycles. The van der Waals surface area contributed by atoms with Gasteiger partial charge in [0.15, 0.2) is 0 Å². The van der Waals surface area contributed by atoms with Crippen LogP contribution in [0.5, 0.6) is 0 Å². The summed E-state index contributed by atoms with van der Waals surface area (Å²) in [5, 5.41) is 7.15. The lowest BCUT2D eigenvalue weighted by Gasteiger charge is -2.26. The summed E-state index contributed by atoms with van der Waals surface area (Å²) in [7, 11) is 0. The van der Waals surface area contributed by atoms with E-state index >= 15 is 0 Å². The van der Waals surface area contributed by atoms with E-state index in [4.69, 9.17) is 0 Å². The van der Waals surface area contributed by atoms with Crippen molar-refractivity contribution in [1.29, 1.82) is 0 Å². The van der Waals surface area contributed by atoms with Crippen LogP contribution in [-0.4, -0.2) is 33.7 Å². The molecule has 128 valence electrons. The van der Waals surface area contributed by atoms with E-state index in [9.17, 15) is 4.79 Å². The molecule has 1 N–H and O–H groups in total. The molecule has 5 heteroatoms. The fourth-order valence-electron chi connectivity index (χ4n) is 3.18. The van der Waals surface area contributed by atoms with Gasteiger partial charge < -0.3 is 5.32 Å². The van der Waals surface area contributed by atoms with Gasteiger partial charge in [0.25, 0.3) is 0 Å². The van der Waals surface area contributed by atoms with E-state index in [1.54, 1.807) is 10.9 Å². The van der Waals surface area contributed by atoms with Gasteiger partial charge >= 0.3 is 0 Å². The standard InChI is InChI=1S/C19H26N4O/c1-16(23-13-5-10-20-23)14-19(24)21-18-8-6-17(7-9-18)15-22-11-3-2-4-12-22/h5-10,13,16H,2-4,11-12,14-15H2,1H3,(H,21,24). The number of carbonyl (C=O) groups is 1. The number of amides is 1. The number of likely N-dealkylation sites (tertiary alicyclic amines) is 1. The number of rotatable bonds is 6. The summed E-state index contributed by atoms with van der Waals surface area (Å²) in [4.78, 5) is 14.7. The predicted molar refractivity (Wildman–Crippen MR) is 95.8 cm³/mol. The number of aromatic nitrogens is 2. The normalized spacial score (nSPS) is 16.7. The first-order valence-electron chi connectivity index (χ1n) is 8.81. The Morgan fingerprint density at radius 1 is 1.21 bits per heavy atom. The number of piperidine rings is 1. The number of benzene rings is 1. The number of carbonyl (C=O) groups excluding carboxylic acids is 1. The van der Waals surface area contributed by atoms with E-state index in [1.165, 1.54) is 37.9 Å². The van der Waals surface area contributed by atoms with Crippen molar-refractivity contribution in [2.45, 2.75) is 45.2 Å². The van der Waals surface area contributed by atoms with Crippen LogP contribution in [0.25, 0.3) is 0 Å². The quantitative estimate of drug-likeness (QED) is 0.884. The van der Waals surface area contributed by atoms with Crippen molar-refractivity contribution in [3.63, 3.8) is 0 Å². The molecule has 0 bridgehead atoms. The summed E-state index contributed by atoms with van der Waals surface area (Å²) in [6.07, 6.45) is 8.00. The molecule has 2 aromatic rings. The van der Waals surface area contributed by atoms with Crippen molar-refractivity contribution in [2.75, 3.05) is 18.4 Å². The van der Waals surface area contributed by atoms with Crippen molar-refractivity contribution in [3.8, 4) is 0 Å². The van der Waals surface area contributed by atoms with Crippen molar-refractivity contribution in [3.05, 3.63) is 48.3 Å². The van der Waals surface area contributed by atoms with Crippen LogP contribution in [0.1, 0.15) is 44.2 Å². The number of hydrogen-bond acceptors (Lipinski definition) is 3. The van der Waals surface area contributed by atoms with Gasteiger partial charge in [-0.05, 0) is 56.6 Å². The highest BCUT2D eigenvalue weighted by Gasteiger charge is 2.12. The van der Waals surface area contributed by atoms with Gasteiger partial charge in [0.1, 0.15) is 0 Å². The van der Waals surface area contributed by atoms with Crippen molar-refractivity contribution in [1.82, 2.24) is 14.7 Å². The zero-order valence-corrected chi connectivity index (χ0v) is 14.3. The van der Waals surface area contributed by atoms with Crippen molar-refractivity contribution in [2.24, 2.45) is 0 Å². The van der Waals surface area contributed by atoms with Gasteiger partial charge in [-0.3, -0.25) is 14.4 Å². The molecule has 1 amide bonds. The van der Waals surface area contributed by atoms with Crippen LogP contribution < -0.4 is 5.32 Å². The van der Waals surface area contributed by atoms with E-state index < -0.39 is 0 Å². The highest BCUT2D eigenvalue weighted by molar-refractivity contribution is 5.90. The Labute approximate surface area is 143 Å². The maximum Gasteiger partial charge on any atom is 0.226 e. The van der Waals surface area contributed by atoms with Gasteiger partial charge in [-0.25, -0.2) is 0 Å². The molecule has 3 rings (SSSR count). The molecule has 1 fully saturated rings. The van der Waals surface area contributed by atoms with Gasteiger partial charge in [-0.1, -0.05) is 18.6 Å². The van der Waals surface area contributed by atoms with E-state index in [0.717, 1.165) is 12.2 Å². The van der Waals surface area contributed by atoms with E-state index in [2.05, 4.69) is 27.4 Å². The molecule has 1 aliphatic rings. The summed E-state index contributed by atoms with van der Waals surface area (Å²) in [6, 6.07) is 10.1. The number of nitrogens with one attached hydrogen (secondary N) is 1. The molecule has 1 saturated heterocycles. The highest BCUT2D eigenvalue weighted by Crippen LogP contribution is 2.16. The minimum absolute atomic E-state index is 0.0155. The van der Waals surface area contributed by atoms with Gasteiger partial charge in [0.05, 0.1) is 6.04 Å². The Kier molecular flexibility index (Phi) is 5.64. The molecule has 5 nitrogen and oxygen atoms in total. The molecule has 24 heavy (non-hydrogen) atoms. The van der Waals surface area contributed by atoms with Crippen LogP contribution in [0.2, 0.25) is 0 Å². The molecule has 0 radical (unpaired) electrons. The first-order chi connectivity index (χ1) is 11.7. The molecule has 1 aromatic heterocycles. The van der Waals surface area contributed by atoms with Gasteiger partial charge in [-0.2, -0.15) is 5.10 Å². The molecular formula is C19H26N4O. The largest absolute Gasteiger partial charge is 0.326 e. The maximum absolute atomic E-state index is 12.2. The molecule has 1 aliphatic heterocycles. The predicted octanol–water partition coefficient (Wildman–Crippen LogP) is 3.46. The van der Waals surface area contributed by atoms with E-state index in [1.807, 2.05) is 31.3 Å². The lowest BCUT2D eigenvalue weighted by molar-refractivity contribution is -0.116. The molecule has 0 saturated carbocycles. The minimum Gasteiger partial charge on any atom is -0.326 e. The van der Waals surface area contributed by atoms with Crippen molar-refractivity contribution < 1.29 is 4.79 Å². The third-order valence-electron chi connectivity index (χ3n) is 4.55. The first-order valence-corrected chi connectivity index (χ1v) is 8.81. The summed E-state index contributed by atoms with van der Waals surface area (Å²) >= 11 is 0. The van der Waals surface area contributed by atoms with Crippen molar-refractivity contribution >= 4 is 11.6 Å². The summed E-state index contributed by atoms with van der Waals surface area (Å²) in [5.74, 6) is 0.0155. The van der Waals surface area contributed by atoms with E-state index in [-0.39, 0.29) is 11.9 Å². The average Bonchev–Trinajstić information content (AvgIpc) is 3.12. The Balaban J connectivity index is 1.49. The topological polar surface area (TPSA) is 50.2 Å². The van der Waals surface area contributed by atoms with Crippen LogP contribution >= 0.6 is 0 Å². The summed E-state index contributed by atoms with van der Waals surface area (Å²) in [5.41, 5.74) is 2.16. The second-order valence-corrected chi connectivity index (χ2v) is 6.62. The molecule has 2 heterocycles. The SMILES string of the molecule is CC(CC(=O)Nc1ccc(CN2CCCCC2)cc1)n1cccn1. The number of hydrogen-bond donors (Lipinski definition) is 1. The van der Waals surface area contributed by atoms with Crippen LogP contribution in [0.15, 0.2) is 42.7 Å². The summed E-state index contributed by atoms with van der Waals surface area (Å²) < 4.78 is 1.81. The van der Waals surface area contributed by atoms with Gasteiger partial charge in [0.2, 0.25) is 5.91 Å². The average molecular weight is 326 g/mol. The Morgan fingerprint density at radius 3 is 2.62 bits per heavy atom. The van der Waals surface area contributed by atoms with Gasteiger partial charge in [0, 0.05) is 31.0 Å². The van der Waals surface area contributed by atoms with Gasteiger partial charge in [-0.15, -0.1) is 0 Å². The maximum atomic E-state index is 12.2. The minimum atomic E-state index is 0.0155. The first kappa shape index (κ1) is 16.7. The monoisotopic (exact) mass is 326 g/mol. The fourth-order valence-corrected chi connectivity index (χ4v) is 3.18. The molecule has 0 aliphatic carbocycles. The smallest absolute Gasteiger partial charge is 0.226 e. The highest BCUT2D eigenvalue weighted by atomic mass is 16.1. The van der Waals surface area contributed by atoms with Crippen LogP contribution in [0, 0.1) is 0 Å². The third kappa shape index (κ3) is 4.68. The van der Waals surface area contributed by atoms with Crippen LogP contribution in [-0.2, 0) is 11.3 Å². The Hall–Kier alpha value is -2.14. The lowest BCUT2D eigenvalue weighted by atomic mass is 10.1. The Bertz CT molecular complexity index is 630. The molecule has 1 unspecified atom stereocenters. The van der Waals surface area contributed by atoms with E-state index in [0.29, 0.717) is 6.42 Å². The lowest BCUT2D eigenvalue weighted by Crippen LogP contribution is -2.29. The number of anilines is 1.